The Morgan fingerprint density at radius 1 is 1.67 bits per heavy atom. The quantitative estimate of drug-likeness (QED) is 0.581. The van der Waals surface area contributed by atoms with Crippen molar-refractivity contribution in [1.82, 2.24) is 15.3 Å². The van der Waals surface area contributed by atoms with Gasteiger partial charge in [0.25, 0.3) is 0 Å². The highest BCUT2D eigenvalue weighted by Gasteiger charge is 2.33. The van der Waals surface area contributed by atoms with Gasteiger partial charge in [0.1, 0.15) is 11.9 Å². The Morgan fingerprint density at radius 3 is 2.89 bits per heavy atom. The first-order valence-electron chi connectivity index (χ1n) is 5.89. The second-order valence-electron chi connectivity index (χ2n) is 4.35. The molecule has 18 heavy (non-hydrogen) atoms. The molecule has 1 aromatic rings. The fraction of sp³-hybridized carbons (Fsp3) is 0.583. The molecule has 1 aromatic heterocycles. The molecule has 2 unspecified atom stereocenters. The van der Waals surface area contributed by atoms with Gasteiger partial charge >= 0.3 is 5.97 Å². The Hall–Kier alpha value is -1.14. The lowest BCUT2D eigenvalue weighted by Crippen LogP contribution is -2.50. The Kier molecular flexibility index (Phi) is 5.55. The van der Waals surface area contributed by atoms with E-state index in [0.29, 0.717) is 13.0 Å². The van der Waals surface area contributed by atoms with E-state index in [2.05, 4.69) is 15.3 Å². The molecule has 2 N–H and O–H groups in total. The van der Waals surface area contributed by atoms with E-state index in [4.69, 9.17) is 0 Å². The number of hydrogen-bond donors (Lipinski definition) is 2. The highest BCUT2D eigenvalue weighted by Crippen LogP contribution is 2.27. The van der Waals surface area contributed by atoms with Gasteiger partial charge in [-0.3, -0.25) is 4.79 Å². The summed E-state index contributed by atoms with van der Waals surface area (Å²) in [5.74, 6) is -0.820. The van der Waals surface area contributed by atoms with Crippen LogP contribution in [0.1, 0.15) is 27.2 Å². The van der Waals surface area contributed by atoms with E-state index < -0.39 is 11.5 Å². The summed E-state index contributed by atoms with van der Waals surface area (Å²) < 4.78 is 0. The number of rotatable bonds is 7. The third-order valence-electron chi connectivity index (χ3n) is 2.61. The molecule has 0 aliphatic carbocycles. The summed E-state index contributed by atoms with van der Waals surface area (Å²) in [7, 11) is 0. The fourth-order valence-electron chi connectivity index (χ4n) is 1.80. The summed E-state index contributed by atoms with van der Waals surface area (Å²) in [6.45, 7) is 6.26. The van der Waals surface area contributed by atoms with Gasteiger partial charge in [0.2, 0.25) is 0 Å². The highest BCUT2D eigenvalue weighted by atomic mass is 32.2. The average molecular weight is 269 g/mol. The van der Waals surface area contributed by atoms with Gasteiger partial charge in [-0.2, -0.15) is 0 Å². The number of carbonyl (C=O) groups is 1. The van der Waals surface area contributed by atoms with Crippen LogP contribution in [-0.2, 0) is 4.79 Å². The Balaban J connectivity index is 2.62. The maximum atomic E-state index is 11.3. The third kappa shape index (κ3) is 4.27. The number of likely N-dealkylation sites (N-methyl/N-ethyl adjacent to an activating group) is 1. The molecule has 1 rings (SSSR count). The minimum Gasteiger partial charge on any atom is -0.480 e. The molecule has 0 amide bonds. The molecule has 0 spiro atoms. The smallest absolute Gasteiger partial charge is 0.323 e. The van der Waals surface area contributed by atoms with E-state index in [0.717, 1.165) is 5.03 Å². The van der Waals surface area contributed by atoms with E-state index in [-0.39, 0.29) is 5.25 Å². The van der Waals surface area contributed by atoms with Gasteiger partial charge in [-0.1, -0.05) is 13.8 Å². The van der Waals surface area contributed by atoms with E-state index >= 15 is 0 Å². The number of nitrogens with one attached hydrogen (secondary N) is 1. The first-order valence-corrected chi connectivity index (χ1v) is 6.77. The topological polar surface area (TPSA) is 75.1 Å². The minimum atomic E-state index is -0.895. The predicted molar refractivity (Wildman–Crippen MR) is 71.7 cm³/mol. The van der Waals surface area contributed by atoms with Crippen LogP contribution in [0.3, 0.4) is 0 Å². The molecule has 0 fully saturated rings. The summed E-state index contributed by atoms with van der Waals surface area (Å²) in [6.07, 6.45) is 3.71. The molecule has 2 atom stereocenters. The van der Waals surface area contributed by atoms with Crippen molar-refractivity contribution in [2.75, 3.05) is 6.54 Å². The zero-order chi connectivity index (χ0) is 13.6. The third-order valence-corrected chi connectivity index (χ3v) is 3.66. The van der Waals surface area contributed by atoms with Crippen LogP contribution in [0.25, 0.3) is 0 Å². The molecular weight excluding hydrogens is 250 g/mol. The van der Waals surface area contributed by atoms with Crippen molar-refractivity contribution >= 4 is 17.7 Å². The second kappa shape index (κ2) is 6.70. The molecule has 0 bridgehead atoms. The van der Waals surface area contributed by atoms with E-state index in [1.54, 1.807) is 24.9 Å². The van der Waals surface area contributed by atoms with Crippen LogP contribution in [0.4, 0.5) is 0 Å². The van der Waals surface area contributed by atoms with Gasteiger partial charge < -0.3 is 10.4 Å². The van der Waals surface area contributed by atoms with Gasteiger partial charge in [-0.25, -0.2) is 9.97 Å². The molecule has 0 aromatic carbocycles. The van der Waals surface area contributed by atoms with Crippen molar-refractivity contribution in [1.29, 1.82) is 0 Å². The van der Waals surface area contributed by atoms with Crippen LogP contribution in [-0.4, -0.2) is 38.4 Å². The zero-order valence-electron chi connectivity index (χ0n) is 10.9. The van der Waals surface area contributed by atoms with Crippen LogP contribution in [0.15, 0.2) is 23.6 Å². The molecule has 0 aliphatic heterocycles. The Morgan fingerprint density at radius 2 is 2.39 bits per heavy atom. The van der Waals surface area contributed by atoms with Gasteiger partial charge in [0.05, 0.1) is 5.03 Å². The summed E-state index contributed by atoms with van der Waals surface area (Å²) in [5.41, 5.74) is -0.895. The molecule has 100 valence electrons. The van der Waals surface area contributed by atoms with Crippen LogP contribution in [0.5, 0.6) is 0 Å². The van der Waals surface area contributed by atoms with E-state index in [9.17, 15) is 9.90 Å². The van der Waals surface area contributed by atoms with Crippen LogP contribution in [0.2, 0.25) is 0 Å². The van der Waals surface area contributed by atoms with Crippen molar-refractivity contribution in [2.24, 2.45) is 0 Å². The number of carboxylic acid groups (broad SMARTS) is 1. The summed E-state index contributed by atoms with van der Waals surface area (Å²) >= 11 is 1.56. The summed E-state index contributed by atoms with van der Waals surface area (Å²) in [5, 5.41) is 13.3. The summed E-state index contributed by atoms with van der Waals surface area (Å²) in [4.78, 5) is 19.3. The Bertz CT molecular complexity index is 388. The highest BCUT2D eigenvalue weighted by molar-refractivity contribution is 7.99. The molecule has 6 heteroatoms. The molecule has 0 saturated heterocycles. The van der Waals surface area contributed by atoms with Gasteiger partial charge in [-0.15, -0.1) is 11.8 Å². The first kappa shape index (κ1) is 14.9. The zero-order valence-corrected chi connectivity index (χ0v) is 11.7. The standard InChI is InChI=1S/C12H19N3O2S/c1-4-15-12(3,11(16)17)7-9(2)18-10-5-6-13-8-14-10/h5-6,8-9,15H,4,7H2,1-3H3,(H,16,17). The maximum absolute atomic E-state index is 11.3. The predicted octanol–water partition coefficient (Wildman–Crippen LogP) is 1.80. The molecular formula is C12H19N3O2S. The number of aromatic nitrogens is 2. The normalized spacial score (nSPS) is 15.9. The van der Waals surface area contributed by atoms with E-state index in [1.807, 2.05) is 19.9 Å². The average Bonchev–Trinajstić information content (AvgIpc) is 2.30. The summed E-state index contributed by atoms with van der Waals surface area (Å²) in [6, 6.07) is 1.83. The largest absolute Gasteiger partial charge is 0.480 e. The van der Waals surface area contributed by atoms with Crippen LogP contribution in [0, 0.1) is 0 Å². The Labute approximate surface area is 111 Å². The number of hydrogen-bond acceptors (Lipinski definition) is 5. The number of thioether (sulfide) groups is 1. The number of carboxylic acids is 1. The van der Waals surface area contributed by atoms with Gasteiger partial charge in [-0.05, 0) is 26.0 Å². The molecule has 0 saturated carbocycles. The van der Waals surface area contributed by atoms with Crippen molar-refractivity contribution in [3.8, 4) is 0 Å². The second-order valence-corrected chi connectivity index (χ2v) is 5.81. The van der Waals surface area contributed by atoms with Crippen LogP contribution < -0.4 is 5.32 Å². The first-order chi connectivity index (χ1) is 8.48. The van der Waals surface area contributed by atoms with Crippen molar-refractivity contribution in [3.05, 3.63) is 18.6 Å². The van der Waals surface area contributed by atoms with E-state index in [1.165, 1.54) is 6.33 Å². The maximum Gasteiger partial charge on any atom is 0.323 e. The van der Waals surface area contributed by atoms with Crippen LogP contribution >= 0.6 is 11.8 Å². The van der Waals surface area contributed by atoms with Gasteiger partial charge in [0.15, 0.2) is 0 Å². The SMILES string of the molecule is CCNC(C)(CC(C)Sc1ccncn1)C(=O)O. The van der Waals surface area contributed by atoms with Crippen molar-refractivity contribution in [3.63, 3.8) is 0 Å². The monoisotopic (exact) mass is 269 g/mol. The number of nitrogens with zero attached hydrogens (tertiary/aromatic N) is 2. The minimum absolute atomic E-state index is 0.153. The fourth-order valence-corrected chi connectivity index (χ4v) is 2.87. The molecule has 0 radical (unpaired) electrons. The molecule has 5 nitrogen and oxygen atoms in total. The number of aliphatic carboxylic acids is 1. The van der Waals surface area contributed by atoms with Crippen molar-refractivity contribution < 1.29 is 9.90 Å². The van der Waals surface area contributed by atoms with Gasteiger partial charge in [0, 0.05) is 11.4 Å². The molecule has 1 heterocycles. The lowest BCUT2D eigenvalue weighted by Gasteiger charge is -2.28. The van der Waals surface area contributed by atoms with Crippen molar-refractivity contribution in [2.45, 2.75) is 43.0 Å². The molecule has 0 aliphatic rings. The lowest BCUT2D eigenvalue weighted by atomic mass is 9.96. The lowest BCUT2D eigenvalue weighted by molar-refractivity contribution is -0.144.